The van der Waals surface area contributed by atoms with Gasteiger partial charge in [0.15, 0.2) is 0 Å². The molecule has 0 aromatic carbocycles. The van der Waals surface area contributed by atoms with Gasteiger partial charge in [-0.2, -0.15) is 0 Å². The van der Waals surface area contributed by atoms with Gasteiger partial charge >= 0.3 is 0 Å². The van der Waals surface area contributed by atoms with Gasteiger partial charge in [0.1, 0.15) is 0 Å². The van der Waals surface area contributed by atoms with Crippen LogP contribution in [-0.2, 0) is 17.9 Å². The van der Waals surface area contributed by atoms with E-state index in [1.165, 1.54) is 12.8 Å². The van der Waals surface area contributed by atoms with Crippen LogP contribution in [0.2, 0.25) is 0 Å². The van der Waals surface area contributed by atoms with Gasteiger partial charge in [0.05, 0.1) is 31.0 Å². The van der Waals surface area contributed by atoms with Crippen molar-refractivity contribution in [1.29, 1.82) is 0 Å². The topological polar surface area (TPSA) is 97.5 Å². The van der Waals surface area contributed by atoms with Crippen molar-refractivity contribution in [1.82, 2.24) is 15.2 Å². The first-order valence-electron chi connectivity index (χ1n) is 9.63. The van der Waals surface area contributed by atoms with Gasteiger partial charge in [0, 0.05) is 18.2 Å². The van der Waals surface area contributed by atoms with Crippen LogP contribution in [0.3, 0.4) is 0 Å². The molecule has 1 aliphatic carbocycles. The van der Waals surface area contributed by atoms with Crippen molar-refractivity contribution in [3.8, 4) is 5.88 Å². The molecule has 7 nitrogen and oxygen atoms in total. The van der Waals surface area contributed by atoms with E-state index in [2.05, 4.69) is 10.3 Å². The molecule has 1 aromatic heterocycles. The van der Waals surface area contributed by atoms with Gasteiger partial charge in [-0.25, -0.2) is 4.98 Å². The zero-order chi connectivity index (χ0) is 19.8. The zero-order valence-corrected chi connectivity index (χ0v) is 16.7. The molecule has 0 unspecified atom stereocenters. The second-order valence-electron chi connectivity index (χ2n) is 8.58. The second-order valence-corrected chi connectivity index (χ2v) is 8.58. The molecule has 0 saturated heterocycles. The summed E-state index contributed by atoms with van der Waals surface area (Å²) in [6.07, 6.45) is 4.47. The summed E-state index contributed by atoms with van der Waals surface area (Å²) in [6, 6.07) is 1.50. The Kier molecular flexibility index (Phi) is 5.42. The lowest BCUT2D eigenvalue weighted by Crippen LogP contribution is -2.48. The normalized spacial score (nSPS) is 18.6. The van der Waals surface area contributed by atoms with Gasteiger partial charge in [0.25, 0.3) is 5.91 Å². The van der Waals surface area contributed by atoms with Crippen molar-refractivity contribution >= 4 is 11.8 Å². The van der Waals surface area contributed by atoms with Crippen LogP contribution in [0, 0.1) is 5.41 Å². The lowest BCUT2D eigenvalue weighted by Gasteiger charge is -2.25. The first-order valence-corrected chi connectivity index (χ1v) is 9.63. The molecule has 7 heteroatoms. The van der Waals surface area contributed by atoms with E-state index >= 15 is 0 Å². The number of pyridine rings is 1. The Bertz CT molecular complexity index is 735. The summed E-state index contributed by atoms with van der Waals surface area (Å²) in [6.45, 7) is 6.53. The number of fused-ring (bicyclic) bond motifs is 1. The minimum atomic E-state index is -0.620. The van der Waals surface area contributed by atoms with E-state index in [9.17, 15) is 9.59 Å². The summed E-state index contributed by atoms with van der Waals surface area (Å²) >= 11 is 0. The highest BCUT2D eigenvalue weighted by Gasteiger charge is 2.36. The smallest absolute Gasteiger partial charge is 0.256 e. The van der Waals surface area contributed by atoms with Crippen LogP contribution in [0.1, 0.15) is 68.1 Å². The third-order valence-electron chi connectivity index (χ3n) is 5.58. The molecule has 3 rings (SSSR count). The predicted octanol–water partition coefficient (Wildman–Crippen LogP) is 1.98. The molecule has 0 spiro atoms. The minimum Gasteiger partial charge on any atom is -0.481 e. The molecule has 1 aliphatic heterocycles. The highest BCUT2D eigenvalue weighted by Crippen LogP contribution is 2.33. The fraction of sp³-hybridized carbons (Fsp3) is 0.650. The quantitative estimate of drug-likeness (QED) is 0.821. The van der Waals surface area contributed by atoms with Crippen LogP contribution >= 0.6 is 0 Å². The van der Waals surface area contributed by atoms with Crippen LogP contribution in [0.15, 0.2) is 6.07 Å². The summed E-state index contributed by atoms with van der Waals surface area (Å²) in [7, 11) is 1.55. The minimum absolute atomic E-state index is 0.0334. The molecular formula is C20H30N4O3. The predicted molar refractivity (Wildman–Crippen MR) is 102 cm³/mol. The van der Waals surface area contributed by atoms with Crippen LogP contribution in [-0.4, -0.2) is 40.9 Å². The second kappa shape index (κ2) is 7.46. The molecule has 2 amide bonds. The van der Waals surface area contributed by atoms with E-state index in [0.29, 0.717) is 29.6 Å². The molecule has 2 aliphatic rings. The van der Waals surface area contributed by atoms with E-state index in [1.54, 1.807) is 13.2 Å². The molecule has 3 N–H and O–H groups in total. The summed E-state index contributed by atoms with van der Waals surface area (Å²) < 4.78 is 5.40. The Morgan fingerprint density at radius 1 is 1.41 bits per heavy atom. The van der Waals surface area contributed by atoms with E-state index in [0.717, 1.165) is 18.5 Å². The number of amides is 2. The van der Waals surface area contributed by atoms with Gasteiger partial charge in [0.2, 0.25) is 11.8 Å². The zero-order valence-electron chi connectivity index (χ0n) is 16.7. The van der Waals surface area contributed by atoms with Gasteiger partial charge < -0.3 is 20.7 Å². The SMILES string of the molecule is COc1nc2c(cc1CNC(=O)[C@@H](N)C(C)(C)C)C(=O)N(C1CCCC1)C2. The lowest BCUT2D eigenvalue weighted by atomic mass is 9.87. The van der Waals surface area contributed by atoms with Gasteiger partial charge in [-0.1, -0.05) is 33.6 Å². The number of nitrogens with zero attached hydrogens (tertiary/aromatic N) is 2. The van der Waals surface area contributed by atoms with Crippen LogP contribution < -0.4 is 15.8 Å². The Morgan fingerprint density at radius 2 is 2.07 bits per heavy atom. The molecule has 148 valence electrons. The molecule has 1 aromatic rings. The number of ether oxygens (including phenoxy) is 1. The molecule has 0 radical (unpaired) electrons. The van der Waals surface area contributed by atoms with E-state index < -0.39 is 6.04 Å². The van der Waals surface area contributed by atoms with Crippen molar-refractivity contribution in [2.24, 2.45) is 11.1 Å². The molecule has 1 saturated carbocycles. The molecule has 2 heterocycles. The first kappa shape index (κ1) is 19.6. The highest BCUT2D eigenvalue weighted by atomic mass is 16.5. The lowest BCUT2D eigenvalue weighted by molar-refractivity contribution is -0.124. The van der Waals surface area contributed by atoms with Crippen LogP contribution in [0.25, 0.3) is 0 Å². The van der Waals surface area contributed by atoms with Crippen LogP contribution in [0.5, 0.6) is 5.88 Å². The summed E-state index contributed by atoms with van der Waals surface area (Å²) in [5.41, 5.74) is 7.74. The average molecular weight is 374 g/mol. The van der Waals surface area contributed by atoms with E-state index in [-0.39, 0.29) is 23.8 Å². The Balaban J connectivity index is 1.76. The fourth-order valence-corrected chi connectivity index (χ4v) is 3.77. The number of hydrogen-bond donors (Lipinski definition) is 2. The number of nitrogens with one attached hydrogen (secondary N) is 1. The molecule has 1 fully saturated rings. The fourth-order valence-electron chi connectivity index (χ4n) is 3.77. The Morgan fingerprint density at radius 3 is 2.67 bits per heavy atom. The Labute approximate surface area is 160 Å². The maximum absolute atomic E-state index is 12.9. The standard InChI is InChI=1S/C20H30N4O3/c1-20(2,3)16(21)17(25)22-10-12-9-14-15(23-18(12)27-4)11-24(19(14)26)13-7-5-6-8-13/h9,13,16H,5-8,10-11,21H2,1-4H3,(H,22,25)/t16-/m1/s1. The Hall–Kier alpha value is -2.15. The van der Waals surface area contributed by atoms with Crippen molar-refractivity contribution in [2.75, 3.05) is 7.11 Å². The average Bonchev–Trinajstić information content (AvgIpc) is 3.25. The number of rotatable bonds is 5. The van der Waals surface area contributed by atoms with E-state index in [1.807, 2.05) is 25.7 Å². The van der Waals surface area contributed by atoms with Crippen molar-refractivity contribution in [2.45, 2.75) is 71.6 Å². The number of carbonyl (C=O) groups is 2. The number of nitrogens with two attached hydrogens (primary N) is 1. The van der Waals surface area contributed by atoms with Gasteiger partial charge in [-0.05, 0) is 24.3 Å². The van der Waals surface area contributed by atoms with Gasteiger partial charge in [-0.15, -0.1) is 0 Å². The van der Waals surface area contributed by atoms with Crippen molar-refractivity contribution in [3.05, 3.63) is 22.9 Å². The number of carbonyl (C=O) groups excluding carboxylic acids is 2. The highest BCUT2D eigenvalue weighted by molar-refractivity contribution is 5.98. The maximum atomic E-state index is 12.9. The monoisotopic (exact) mass is 374 g/mol. The molecule has 1 atom stereocenters. The maximum Gasteiger partial charge on any atom is 0.256 e. The number of hydrogen-bond acceptors (Lipinski definition) is 5. The van der Waals surface area contributed by atoms with Gasteiger partial charge in [-0.3, -0.25) is 9.59 Å². The number of methoxy groups -OCH3 is 1. The van der Waals surface area contributed by atoms with Crippen molar-refractivity contribution < 1.29 is 14.3 Å². The number of aromatic nitrogens is 1. The molecule has 27 heavy (non-hydrogen) atoms. The van der Waals surface area contributed by atoms with Crippen molar-refractivity contribution in [3.63, 3.8) is 0 Å². The summed E-state index contributed by atoms with van der Waals surface area (Å²) in [4.78, 5) is 31.6. The summed E-state index contributed by atoms with van der Waals surface area (Å²) in [5, 5.41) is 2.84. The molecular weight excluding hydrogens is 344 g/mol. The summed E-state index contributed by atoms with van der Waals surface area (Å²) in [5.74, 6) is 0.245. The van der Waals surface area contributed by atoms with E-state index in [4.69, 9.17) is 10.5 Å². The largest absolute Gasteiger partial charge is 0.481 e. The molecule has 0 bridgehead atoms. The van der Waals surface area contributed by atoms with Crippen LogP contribution in [0.4, 0.5) is 0 Å². The third kappa shape index (κ3) is 3.93. The third-order valence-corrected chi connectivity index (χ3v) is 5.58. The first-order chi connectivity index (χ1) is 12.7.